The Hall–Kier alpha value is -3.84. The van der Waals surface area contributed by atoms with Gasteiger partial charge in [-0.15, -0.1) is 0 Å². The molecule has 0 bridgehead atoms. The number of piperazine rings is 2. The van der Waals surface area contributed by atoms with Gasteiger partial charge in [0.1, 0.15) is 12.6 Å². The van der Waals surface area contributed by atoms with E-state index in [0.717, 1.165) is 39.6 Å². The van der Waals surface area contributed by atoms with E-state index in [1.807, 2.05) is 54.6 Å². The third-order valence-electron chi connectivity index (χ3n) is 6.77. The van der Waals surface area contributed by atoms with Gasteiger partial charge < -0.3 is 9.80 Å². The molecule has 0 radical (unpaired) electrons. The van der Waals surface area contributed by atoms with E-state index in [-0.39, 0.29) is 18.4 Å². The van der Waals surface area contributed by atoms with Crippen LogP contribution in [0, 0.1) is 0 Å². The monoisotopic (exact) mass is 451 g/mol. The Balaban J connectivity index is 1.18. The Morgan fingerprint density at radius 1 is 0.853 bits per heavy atom. The van der Waals surface area contributed by atoms with Gasteiger partial charge in [-0.05, 0) is 29.8 Å². The number of para-hydroxylation sites is 2. The summed E-state index contributed by atoms with van der Waals surface area (Å²) in [6, 6.07) is 21.7. The summed E-state index contributed by atoms with van der Waals surface area (Å²) in [6.07, 6.45) is 1.80. The molecule has 170 valence electrons. The fourth-order valence-corrected chi connectivity index (χ4v) is 5.02. The molecule has 2 fully saturated rings. The smallest absolute Gasteiger partial charge is 0.247 e. The van der Waals surface area contributed by atoms with Crippen molar-refractivity contribution in [1.82, 2.24) is 24.7 Å². The summed E-state index contributed by atoms with van der Waals surface area (Å²) in [5.41, 5.74) is 3.79. The van der Waals surface area contributed by atoms with Gasteiger partial charge in [0, 0.05) is 49.7 Å². The molecule has 1 atom stereocenters. The zero-order chi connectivity index (χ0) is 23.1. The van der Waals surface area contributed by atoms with Crippen LogP contribution in [0.4, 0.5) is 0 Å². The van der Waals surface area contributed by atoms with Crippen molar-refractivity contribution < 1.29 is 9.59 Å². The highest BCUT2D eigenvalue weighted by Gasteiger charge is 2.42. The highest BCUT2D eigenvalue weighted by Crippen LogP contribution is 2.22. The Bertz CT molecular complexity index is 1400. The standard InChI is InChI=1S/C27H25N5O2/c33-26-18-31(15-19-13-21-6-2-3-7-23(21)28-14-19)27(34)25-17-30(11-12-32(25)26)16-22-10-9-20-5-1-4-8-24(20)29-22/h1-10,13-14,25H,11-12,15-18H2. The van der Waals surface area contributed by atoms with Crippen LogP contribution in [0.5, 0.6) is 0 Å². The predicted octanol–water partition coefficient (Wildman–Crippen LogP) is 2.84. The molecule has 6 rings (SSSR count). The van der Waals surface area contributed by atoms with E-state index >= 15 is 0 Å². The highest BCUT2D eigenvalue weighted by molar-refractivity contribution is 5.95. The van der Waals surface area contributed by atoms with Gasteiger partial charge in [0.15, 0.2) is 0 Å². The van der Waals surface area contributed by atoms with E-state index in [9.17, 15) is 9.59 Å². The zero-order valence-corrected chi connectivity index (χ0v) is 18.8. The molecule has 7 heteroatoms. The number of rotatable bonds is 4. The third kappa shape index (κ3) is 3.88. The highest BCUT2D eigenvalue weighted by atomic mass is 16.2. The molecule has 0 spiro atoms. The van der Waals surface area contributed by atoms with Crippen molar-refractivity contribution in [3.8, 4) is 0 Å². The Kier molecular flexibility index (Phi) is 5.19. The average Bonchev–Trinajstić information content (AvgIpc) is 2.87. The van der Waals surface area contributed by atoms with Crippen LogP contribution < -0.4 is 0 Å². The largest absolute Gasteiger partial charge is 0.327 e. The van der Waals surface area contributed by atoms with Gasteiger partial charge in [-0.3, -0.25) is 24.5 Å². The number of hydrogen-bond donors (Lipinski definition) is 0. The summed E-state index contributed by atoms with van der Waals surface area (Å²) >= 11 is 0. The molecule has 2 aromatic carbocycles. The molecular formula is C27H25N5O2. The predicted molar refractivity (Wildman–Crippen MR) is 130 cm³/mol. The van der Waals surface area contributed by atoms with E-state index in [0.29, 0.717) is 26.2 Å². The van der Waals surface area contributed by atoms with Crippen molar-refractivity contribution in [1.29, 1.82) is 0 Å². The first-order valence-corrected chi connectivity index (χ1v) is 11.6. The number of hydrogen-bond acceptors (Lipinski definition) is 5. The second-order valence-corrected chi connectivity index (χ2v) is 9.06. The first-order valence-electron chi connectivity index (χ1n) is 11.6. The minimum Gasteiger partial charge on any atom is -0.327 e. The molecule has 7 nitrogen and oxygen atoms in total. The van der Waals surface area contributed by atoms with Crippen LogP contribution in [-0.4, -0.2) is 68.7 Å². The normalized spacial score (nSPS) is 19.1. The molecule has 0 saturated carbocycles. The van der Waals surface area contributed by atoms with Gasteiger partial charge in [-0.1, -0.05) is 42.5 Å². The average molecular weight is 452 g/mol. The molecule has 2 amide bonds. The topological polar surface area (TPSA) is 69.6 Å². The van der Waals surface area contributed by atoms with Crippen molar-refractivity contribution in [2.24, 2.45) is 0 Å². The van der Waals surface area contributed by atoms with Gasteiger partial charge in [0.25, 0.3) is 0 Å². The third-order valence-corrected chi connectivity index (χ3v) is 6.77. The number of carbonyl (C=O) groups excluding carboxylic acids is 2. The first kappa shape index (κ1) is 20.7. The van der Waals surface area contributed by atoms with E-state index in [1.165, 1.54) is 0 Å². The lowest BCUT2D eigenvalue weighted by Crippen LogP contribution is -2.66. The van der Waals surface area contributed by atoms with Crippen LogP contribution in [-0.2, 0) is 22.7 Å². The summed E-state index contributed by atoms with van der Waals surface area (Å²) < 4.78 is 0. The Morgan fingerprint density at radius 2 is 1.65 bits per heavy atom. The van der Waals surface area contributed by atoms with Crippen LogP contribution in [0.2, 0.25) is 0 Å². The van der Waals surface area contributed by atoms with Gasteiger partial charge in [0.2, 0.25) is 11.8 Å². The number of benzene rings is 2. The van der Waals surface area contributed by atoms with Crippen LogP contribution in [0.1, 0.15) is 11.3 Å². The van der Waals surface area contributed by atoms with Crippen molar-refractivity contribution in [2.75, 3.05) is 26.2 Å². The molecule has 4 aromatic rings. The van der Waals surface area contributed by atoms with E-state index in [4.69, 9.17) is 4.98 Å². The number of fused-ring (bicyclic) bond motifs is 3. The minimum atomic E-state index is -0.455. The summed E-state index contributed by atoms with van der Waals surface area (Å²) in [5.74, 6) is 0.0192. The molecule has 2 aromatic heterocycles. The lowest BCUT2D eigenvalue weighted by Gasteiger charge is -2.46. The second kappa shape index (κ2) is 8.50. The molecular weight excluding hydrogens is 426 g/mol. The maximum Gasteiger partial charge on any atom is 0.247 e. The van der Waals surface area contributed by atoms with Crippen LogP contribution in [0.15, 0.2) is 72.9 Å². The second-order valence-electron chi connectivity index (χ2n) is 9.06. The molecule has 34 heavy (non-hydrogen) atoms. The summed E-state index contributed by atoms with van der Waals surface area (Å²) in [6.45, 7) is 2.98. The fraction of sp³-hybridized carbons (Fsp3) is 0.259. The number of nitrogens with zero attached hydrogens (tertiary/aromatic N) is 5. The maximum atomic E-state index is 13.4. The minimum absolute atomic E-state index is 0.00364. The maximum absolute atomic E-state index is 13.4. The van der Waals surface area contributed by atoms with E-state index in [1.54, 1.807) is 16.0 Å². The van der Waals surface area contributed by atoms with Crippen molar-refractivity contribution >= 4 is 33.6 Å². The number of carbonyl (C=O) groups is 2. The zero-order valence-electron chi connectivity index (χ0n) is 18.8. The quantitative estimate of drug-likeness (QED) is 0.477. The van der Waals surface area contributed by atoms with Crippen LogP contribution in [0.3, 0.4) is 0 Å². The molecule has 4 heterocycles. The number of amides is 2. The van der Waals surface area contributed by atoms with E-state index < -0.39 is 6.04 Å². The van der Waals surface area contributed by atoms with Gasteiger partial charge in [-0.2, -0.15) is 0 Å². The molecule has 0 N–H and O–H groups in total. The first-order chi connectivity index (χ1) is 16.6. The van der Waals surface area contributed by atoms with Crippen molar-refractivity contribution in [3.05, 3.63) is 84.2 Å². The molecule has 1 unspecified atom stereocenters. The SMILES string of the molecule is O=C1C2CN(Cc3ccc4ccccc4n3)CCN2C(=O)CN1Cc1cnc2ccccc2c1. The summed E-state index contributed by atoms with van der Waals surface area (Å²) in [5, 5.41) is 2.15. The van der Waals surface area contributed by atoms with Crippen LogP contribution in [0.25, 0.3) is 21.8 Å². The van der Waals surface area contributed by atoms with Crippen molar-refractivity contribution in [2.45, 2.75) is 19.1 Å². The van der Waals surface area contributed by atoms with Crippen LogP contribution >= 0.6 is 0 Å². The van der Waals surface area contributed by atoms with Gasteiger partial charge in [-0.25, -0.2) is 0 Å². The molecule has 2 aliphatic heterocycles. The number of aromatic nitrogens is 2. The van der Waals surface area contributed by atoms with E-state index in [2.05, 4.69) is 22.0 Å². The lowest BCUT2D eigenvalue weighted by molar-refractivity contribution is -0.160. The lowest BCUT2D eigenvalue weighted by atomic mass is 10.1. The molecule has 2 aliphatic rings. The van der Waals surface area contributed by atoms with Crippen molar-refractivity contribution in [3.63, 3.8) is 0 Å². The number of pyridine rings is 2. The van der Waals surface area contributed by atoms with Gasteiger partial charge in [0.05, 0.1) is 16.7 Å². The molecule has 2 saturated heterocycles. The molecule has 0 aliphatic carbocycles. The fourth-order valence-electron chi connectivity index (χ4n) is 5.02. The Labute approximate surface area is 197 Å². The Morgan fingerprint density at radius 3 is 2.53 bits per heavy atom. The summed E-state index contributed by atoms with van der Waals surface area (Å²) in [4.78, 5) is 41.2. The summed E-state index contributed by atoms with van der Waals surface area (Å²) in [7, 11) is 0. The van der Waals surface area contributed by atoms with Gasteiger partial charge >= 0.3 is 0 Å².